The third kappa shape index (κ3) is 5.62. The summed E-state index contributed by atoms with van der Waals surface area (Å²) in [7, 11) is 0. The molecule has 0 radical (unpaired) electrons. The number of nitrogens with one attached hydrogen (secondary N) is 1. The predicted octanol–water partition coefficient (Wildman–Crippen LogP) is 1.29. The first-order chi connectivity index (χ1) is 9.02. The monoisotopic (exact) mass is 283 g/mol. The Labute approximate surface area is 115 Å². The van der Waals surface area contributed by atoms with Gasteiger partial charge in [0.1, 0.15) is 0 Å². The molecule has 0 aromatic carbocycles. The highest BCUT2D eigenvalue weighted by atomic mass is 32.1. The van der Waals surface area contributed by atoms with E-state index in [0.717, 1.165) is 0 Å². The molecule has 1 unspecified atom stereocenters. The Bertz CT molecular complexity index is 433. The summed E-state index contributed by atoms with van der Waals surface area (Å²) in [6.45, 7) is 6.09. The van der Waals surface area contributed by atoms with Crippen LogP contribution in [0.5, 0.6) is 0 Å². The number of hydrogen-bond donors (Lipinski definition) is 2. The zero-order chi connectivity index (χ0) is 14.3. The molecule has 0 aliphatic heterocycles. The summed E-state index contributed by atoms with van der Waals surface area (Å²) < 4.78 is 0. The van der Waals surface area contributed by atoms with Crippen molar-refractivity contribution in [3.8, 4) is 0 Å². The van der Waals surface area contributed by atoms with Crippen molar-refractivity contribution in [1.82, 2.24) is 9.88 Å². The van der Waals surface area contributed by atoms with Crippen LogP contribution >= 0.6 is 11.3 Å². The third-order valence-electron chi connectivity index (χ3n) is 2.39. The first-order valence-corrected chi connectivity index (χ1v) is 6.66. The van der Waals surface area contributed by atoms with Crippen molar-refractivity contribution in [3.05, 3.63) is 24.2 Å². The SMILES string of the molecule is C=CCN(CC(=O)Nc1nccs1)CC(C)C(=O)O. The Kier molecular flexibility index (Phi) is 6.17. The summed E-state index contributed by atoms with van der Waals surface area (Å²) in [5.74, 6) is -1.63. The fourth-order valence-corrected chi connectivity index (χ4v) is 2.04. The van der Waals surface area contributed by atoms with Gasteiger partial charge in [-0.2, -0.15) is 0 Å². The van der Waals surface area contributed by atoms with Gasteiger partial charge in [-0.05, 0) is 0 Å². The molecule has 1 atom stereocenters. The van der Waals surface area contributed by atoms with Gasteiger partial charge in [0, 0.05) is 24.7 Å². The van der Waals surface area contributed by atoms with Gasteiger partial charge in [0.15, 0.2) is 5.13 Å². The molecule has 6 nitrogen and oxygen atoms in total. The maximum Gasteiger partial charge on any atom is 0.307 e. The van der Waals surface area contributed by atoms with E-state index < -0.39 is 11.9 Å². The average Bonchev–Trinajstić information content (AvgIpc) is 2.81. The summed E-state index contributed by atoms with van der Waals surface area (Å²) in [6, 6.07) is 0. The Morgan fingerprint density at radius 3 is 2.95 bits per heavy atom. The van der Waals surface area contributed by atoms with E-state index in [0.29, 0.717) is 18.2 Å². The average molecular weight is 283 g/mol. The normalized spacial score (nSPS) is 12.1. The van der Waals surface area contributed by atoms with E-state index in [4.69, 9.17) is 5.11 Å². The molecule has 104 valence electrons. The van der Waals surface area contributed by atoms with Crippen molar-refractivity contribution in [2.75, 3.05) is 25.0 Å². The van der Waals surface area contributed by atoms with Gasteiger partial charge in [0.2, 0.25) is 5.91 Å². The van der Waals surface area contributed by atoms with E-state index >= 15 is 0 Å². The van der Waals surface area contributed by atoms with Gasteiger partial charge in [-0.25, -0.2) is 4.98 Å². The molecular weight excluding hydrogens is 266 g/mol. The minimum atomic E-state index is -0.880. The molecule has 2 N–H and O–H groups in total. The van der Waals surface area contributed by atoms with Crippen LogP contribution in [0.15, 0.2) is 24.2 Å². The number of rotatable bonds is 8. The number of carbonyl (C=O) groups excluding carboxylic acids is 1. The number of carbonyl (C=O) groups is 2. The van der Waals surface area contributed by atoms with Gasteiger partial charge in [-0.15, -0.1) is 17.9 Å². The molecule has 0 fully saturated rings. The molecule has 7 heteroatoms. The lowest BCUT2D eigenvalue weighted by Gasteiger charge is -2.21. The molecule has 1 amide bonds. The molecule has 0 aliphatic carbocycles. The van der Waals surface area contributed by atoms with E-state index in [1.54, 1.807) is 29.5 Å². The molecule has 0 bridgehead atoms. The number of carboxylic acids is 1. The van der Waals surface area contributed by atoms with Crippen molar-refractivity contribution in [1.29, 1.82) is 0 Å². The van der Waals surface area contributed by atoms with E-state index in [-0.39, 0.29) is 12.5 Å². The van der Waals surface area contributed by atoms with Gasteiger partial charge in [-0.3, -0.25) is 14.5 Å². The maximum absolute atomic E-state index is 11.8. The van der Waals surface area contributed by atoms with Crippen molar-refractivity contribution in [2.24, 2.45) is 5.92 Å². The summed E-state index contributed by atoms with van der Waals surface area (Å²) in [4.78, 5) is 28.3. The quantitative estimate of drug-likeness (QED) is 0.702. The van der Waals surface area contributed by atoms with Crippen molar-refractivity contribution >= 4 is 28.3 Å². The van der Waals surface area contributed by atoms with E-state index in [1.165, 1.54) is 11.3 Å². The maximum atomic E-state index is 11.8. The summed E-state index contributed by atoms with van der Waals surface area (Å²) in [6.07, 6.45) is 3.25. The van der Waals surface area contributed by atoms with E-state index in [9.17, 15) is 9.59 Å². The molecule has 1 aromatic heterocycles. The lowest BCUT2D eigenvalue weighted by molar-refractivity contribution is -0.142. The highest BCUT2D eigenvalue weighted by Gasteiger charge is 2.17. The van der Waals surface area contributed by atoms with Crippen LogP contribution in [0.4, 0.5) is 5.13 Å². The van der Waals surface area contributed by atoms with Crippen LogP contribution in [-0.4, -0.2) is 46.5 Å². The van der Waals surface area contributed by atoms with Gasteiger partial charge in [-0.1, -0.05) is 13.0 Å². The largest absolute Gasteiger partial charge is 0.481 e. The third-order valence-corrected chi connectivity index (χ3v) is 3.08. The van der Waals surface area contributed by atoms with Gasteiger partial charge >= 0.3 is 5.97 Å². The Hall–Kier alpha value is -1.73. The number of aromatic nitrogens is 1. The van der Waals surface area contributed by atoms with Gasteiger partial charge in [0.25, 0.3) is 0 Å². The number of hydrogen-bond acceptors (Lipinski definition) is 5. The van der Waals surface area contributed by atoms with Crippen LogP contribution in [0.2, 0.25) is 0 Å². The highest BCUT2D eigenvalue weighted by molar-refractivity contribution is 7.13. The lowest BCUT2D eigenvalue weighted by atomic mass is 10.1. The molecule has 1 heterocycles. The first-order valence-electron chi connectivity index (χ1n) is 5.78. The minimum absolute atomic E-state index is 0.114. The topological polar surface area (TPSA) is 82.5 Å². The zero-order valence-electron chi connectivity index (χ0n) is 10.7. The molecule has 1 rings (SSSR count). The number of nitrogens with zero attached hydrogens (tertiary/aromatic N) is 2. The number of aliphatic carboxylic acids is 1. The molecule has 1 aromatic rings. The van der Waals surface area contributed by atoms with Crippen LogP contribution in [0.25, 0.3) is 0 Å². The van der Waals surface area contributed by atoms with Crippen molar-refractivity contribution < 1.29 is 14.7 Å². The smallest absolute Gasteiger partial charge is 0.307 e. The molecule has 0 saturated heterocycles. The Morgan fingerprint density at radius 1 is 1.68 bits per heavy atom. The second-order valence-electron chi connectivity index (χ2n) is 4.11. The van der Waals surface area contributed by atoms with Crippen LogP contribution in [0.1, 0.15) is 6.92 Å². The van der Waals surface area contributed by atoms with E-state index in [2.05, 4.69) is 16.9 Å². The van der Waals surface area contributed by atoms with Crippen LogP contribution in [-0.2, 0) is 9.59 Å². The van der Waals surface area contributed by atoms with Crippen molar-refractivity contribution in [3.63, 3.8) is 0 Å². The number of thiazole rings is 1. The van der Waals surface area contributed by atoms with Crippen LogP contribution in [0.3, 0.4) is 0 Å². The summed E-state index contributed by atoms with van der Waals surface area (Å²) in [5.41, 5.74) is 0. The summed E-state index contributed by atoms with van der Waals surface area (Å²) in [5, 5.41) is 13.8. The Morgan fingerprint density at radius 2 is 2.42 bits per heavy atom. The number of anilines is 1. The Balaban J connectivity index is 2.50. The highest BCUT2D eigenvalue weighted by Crippen LogP contribution is 2.10. The fourth-order valence-electron chi connectivity index (χ4n) is 1.50. The molecular formula is C12H17N3O3S. The first kappa shape index (κ1) is 15.3. The van der Waals surface area contributed by atoms with Crippen LogP contribution in [0, 0.1) is 5.92 Å². The lowest BCUT2D eigenvalue weighted by Crippen LogP contribution is -2.38. The van der Waals surface area contributed by atoms with Gasteiger partial charge < -0.3 is 10.4 Å². The second kappa shape index (κ2) is 7.65. The fraction of sp³-hybridized carbons (Fsp3) is 0.417. The van der Waals surface area contributed by atoms with E-state index in [1.807, 2.05) is 0 Å². The standard InChI is InChI=1S/C12H17N3O3S/c1-3-5-15(7-9(2)11(17)18)8-10(16)14-12-13-4-6-19-12/h3-4,6,9H,1,5,7-8H2,2H3,(H,17,18)(H,13,14,16). The second-order valence-corrected chi connectivity index (χ2v) is 5.00. The predicted molar refractivity (Wildman–Crippen MR) is 74.2 cm³/mol. The van der Waals surface area contributed by atoms with Crippen molar-refractivity contribution in [2.45, 2.75) is 6.92 Å². The summed E-state index contributed by atoms with van der Waals surface area (Å²) >= 11 is 1.33. The zero-order valence-corrected chi connectivity index (χ0v) is 11.5. The minimum Gasteiger partial charge on any atom is -0.481 e. The van der Waals surface area contributed by atoms with Gasteiger partial charge in [0.05, 0.1) is 12.5 Å². The number of amides is 1. The van der Waals surface area contributed by atoms with Crippen LogP contribution < -0.4 is 5.32 Å². The molecule has 0 saturated carbocycles. The molecule has 19 heavy (non-hydrogen) atoms. The molecule has 0 spiro atoms. The molecule has 0 aliphatic rings. The number of carboxylic acid groups (broad SMARTS) is 1.